The van der Waals surface area contributed by atoms with Crippen molar-refractivity contribution in [3.8, 4) is 0 Å². The van der Waals surface area contributed by atoms with Crippen molar-refractivity contribution in [2.75, 3.05) is 6.54 Å². The molecule has 0 aliphatic carbocycles. The van der Waals surface area contributed by atoms with E-state index in [1.54, 1.807) is 6.33 Å². The first-order valence-electron chi connectivity index (χ1n) is 4.98. The first-order chi connectivity index (χ1) is 7.59. The van der Waals surface area contributed by atoms with Gasteiger partial charge < -0.3 is 14.6 Å². The lowest BCUT2D eigenvalue weighted by Gasteiger charge is -2.28. The molecule has 0 aromatic carbocycles. The Morgan fingerprint density at radius 3 is 2.94 bits per heavy atom. The third-order valence-corrected chi connectivity index (χ3v) is 2.69. The van der Waals surface area contributed by atoms with Crippen molar-refractivity contribution in [2.24, 2.45) is 5.92 Å². The molecule has 1 N–H and O–H groups in total. The maximum Gasteiger partial charge on any atom is 0.315 e. The number of hydrogen-bond acceptors (Lipinski definition) is 4. The topological polar surface area (TPSA) is 88.3 Å². The predicted octanol–water partition coefficient (Wildman–Crippen LogP) is -0.659. The lowest BCUT2D eigenvalue weighted by molar-refractivity contribution is -0.151. The molecule has 2 heterocycles. The summed E-state index contributed by atoms with van der Waals surface area (Å²) >= 11 is 0. The van der Waals surface area contributed by atoms with E-state index in [1.807, 2.05) is 4.57 Å². The van der Waals surface area contributed by atoms with E-state index in [4.69, 9.17) is 5.11 Å². The van der Waals surface area contributed by atoms with Crippen LogP contribution >= 0.6 is 0 Å². The van der Waals surface area contributed by atoms with Crippen molar-refractivity contribution in [1.82, 2.24) is 19.7 Å². The van der Waals surface area contributed by atoms with Crippen LogP contribution in [0.1, 0.15) is 12.7 Å². The van der Waals surface area contributed by atoms with Gasteiger partial charge in [-0.05, 0) is 6.92 Å². The molecule has 0 saturated carbocycles. The van der Waals surface area contributed by atoms with Crippen molar-refractivity contribution in [3.63, 3.8) is 0 Å². The van der Waals surface area contributed by atoms with Gasteiger partial charge in [-0.25, -0.2) is 0 Å². The fraction of sp³-hybridized carbons (Fsp3) is 0.556. The number of fused-ring (bicyclic) bond motifs is 1. The van der Waals surface area contributed by atoms with Gasteiger partial charge in [-0.2, -0.15) is 0 Å². The Hall–Kier alpha value is -1.92. The molecule has 0 spiro atoms. The minimum absolute atomic E-state index is 0.330. The summed E-state index contributed by atoms with van der Waals surface area (Å²) in [5, 5.41) is 16.4. The summed E-state index contributed by atoms with van der Waals surface area (Å²) in [6.45, 7) is 2.84. The normalized spacial score (nSPS) is 16.7. The molecule has 86 valence electrons. The smallest absolute Gasteiger partial charge is 0.315 e. The molecule has 0 saturated heterocycles. The summed E-state index contributed by atoms with van der Waals surface area (Å²) < 4.78 is 1.86. The molecule has 1 aromatic heterocycles. The third-order valence-electron chi connectivity index (χ3n) is 2.69. The molecule has 1 amide bonds. The van der Waals surface area contributed by atoms with E-state index < -0.39 is 11.9 Å². The van der Waals surface area contributed by atoms with Crippen LogP contribution in [0.2, 0.25) is 0 Å². The van der Waals surface area contributed by atoms with Gasteiger partial charge in [-0.3, -0.25) is 9.59 Å². The molecular formula is C9H12N4O3. The van der Waals surface area contributed by atoms with Gasteiger partial charge in [0.05, 0.1) is 6.54 Å². The SMILES string of the molecule is CC(C(=O)O)C(=O)N1CCn2cnnc2C1. The van der Waals surface area contributed by atoms with Crippen molar-refractivity contribution < 1.29 is 14.7 Å². The van der Waals surface area contributed by atoms with Crippen LogP contribution in [0.5, 0.6) is 0 Å². The number of carbonyl (C=O) groups excluding carboxylic acids is 1. The highest BCUT2D eigenvalue weighted by Crippen LogP contribution is 2.12. The molecule has 0 fully saturated rings. The van der Waals surface area contributed by atoms with Crippen LogP contribution in [-0.4, -0.2) is 43.2 Å². The zero-order valence-corrected chi connectivity index (χ0v) is 8.83. The Morgan fingerprint density at radius 2 is 2.25 bits per heavy atom. The summed E-state index contributed by atoms with van der Waals surface area (Å²) in [6.07, 6.45) is 1.61. The molecule has 1 aliphatic heterocycles. The van der Waals surface area contributed by atoms with Crippen LogP contribution in [0.4, 0.5) is 0 Å². The highest BCUT2D eigenvalue weighted by molar-refractivity contribution is 5.96. The van der Waals surface area contributed by atoms with E-state index in [2.05, 4.69) is 10.2 Å². The van der Waals surface area contributed by atoms with E-state index in [1.165, 1.54) is 11.8 Å². The summed E-state index contributed by atoms with van der Waals surface area (Å²) in [5.74, 6) is -1.79. The minimum atomic E-state index is -1.10. The Labute approximate surface area is 91.7 Å². The fourth-order valence-electron chi connectivity index (χ4n) is 1.63. The van der Waals surface area contributed by atoms with Gasteiger partial charge in [0, 0.05) is 13.1 Å². The molecule has 1 aliphatic rings. The molecule has 1 atom stereocenters. The zero-order valence-electron chi connectivity index (χ0n) is 8.83. The van der Waals surface area contributed by atoms with Gasteiger partial charge in [-0.15, -0.1) is 10.2 Å². The Morgan fingerprint density at radius 1 is 1.50 bits per heavy atom. The number of carboxylic acid groups (broad SMARTS) is 1. The second kappa shape index (κ2) is 3.92. The van der Waals surface area contributed by atoms with Crippen LogP contribution in [0.15, 0.2) is 6.33 Å². The van der Waals surface area contributed by atoms with Crippen molar-refractivity contribution in [2.45, 2.75) is 20.0 Å². The molecule has 7 heteroatoms. The van der Waals surface area contributed by atoms with Gasteiger partial charge >= 0.3 is 5.97 Å². The lowest BCUT2D eigenvalue weighted by atomic mass is 10.1. The van der Waals surface area contributed by atoms with E-state index in [0.717, 1.165) is 0 Å². The standard InChI is InChI=1S/C9H12N4O3/c1-6(9(15)16)8(14)12-2-3-13-5-10-11-7(13)4-12/h5-6H,2-4H2,1H3,(H,15,16). The summed E-state index contributed by atoms with van der Waals surface area (Å²) in [5.41, 5.74) is 0. The number of carbonyl (C=O) groups is 2. The van der Waals surface area contributed by atoms with E-state index in [-0.39, 0.29) is 5.91 Å². The summed E-state index contributed by atoms with van der Waals surface area (Å²) in [6, 6.07) is 0. The summed E-state index contributed by atoms with van der Waals surface area (Å²) in [7, 11) is 0. The maximum absolute atomic E-state index is 11.8. The zero-order chi connectivity index (χ0) is 11.7. The van der Waals surface area contributed by atoms with Crippen LogP contribution in [0.3, 0.4) is 0 Å². The number of aromatic nitrogens is 3. The van der Waals surface area contributed by atoms with Gasteiger partial charge in [0.1, 0.15) is 12.2 Å². The average Bonchev–Trinajstić information content (AvgIpc) is 2.73. The number of hydrogen-bond donors (Lipinski definition) is 1. The number of carboxylic acids is 1. The first kappa shape index (κ1) is 10.6. The summed E-state index contributed by atoms with van der Waals surface area (Å²) in [4.78, 5) is 24.0. The Bertz CT molecular complexity index is 428. The van der Waals surface area contributed by atoms with Gasteiger partial charge in [0.15, 0.2) is 5.82 Å². The third kappa shape index (κ3) is 1.75. The van der Waals surface area contributed by atoms with Gasteiger partial charge in [-0.1, -0.05) is 0 Å². The van der Waals surface area contributed by atoms with E-state index in [9.17, 15) is 9.59 Å². The molecule has 1 aromatic rings. The van der Waals surface area contributed by atoms with Crippen LogP contribution in [0, 0.1) is 5.92 Å². The van der Waals surface area contributed by atoms with Gasteiger partial charge in [0.2, 0.25) is 5.91 Å². The molecular weight excluding hydrogens is 212 g/mol. The number of aliphatic carboxylic acids is 1. The number of nitrogens with zero attached hydrogens (tertiary/aromatic N) is 4. The van der Waals surface area contributed by atoms with Crippen LogP contribution in [-0.2, 0) is 22.7 Å². The van der Waals surface area contributed by atoms with E-state index in [0.29, 0.717) is 25.5 Å². The van der Waals surface area contributed by atoms with Crippen LogP contribution < -0.4 is 0 Å². The molecule has 1 unspecified atom stereocenters. The molecule has 2 rings (SSSR count). The maximum atomic E-state index is 11.8. The minimum Gasteiger partial charge on any atom is -0.481 e. The molecule has 0 bridgehead atoms. The van der Waals surface area contributed by atoms with Crippen LogP contribution in [0.25, 0.3) is 0 Å². The lowest BCUT2D eigenvalue weighted by Crippen LogP contribution is -2.42. The average molecular weight is 224 g/mol. The van der Waals surface area contributed by atoms with E-state index >= 15 is 0 Å². The Balaban J connectivity index is 2.09. The molecule has 16 heavy (non-hydrogen) atoms. The fourth-order valence-corrected chi connectivity index (χ4v) is 1.63. The second-order valence-corrected chi connectivity index (χ2v) is 3.76. The highest BCUT2D eigenvalue weighted by Gasteiger charge is 2.29. The van der Waals surface area contributed by atoms with Gasteiger partial charge in [0.25, 0.3) is 0 Å². The highest BCUT2D eigenvalue weighted by atomic mass is 16.4. The van der Waals surface area contributed by atoms with Crippen molar-refractivity contribution in [1.29, 1.82) is 0 Å². The number of amides is 1. The number of rotatable bonds is 2. The Kier molecular flexibility index (Phi) is 2.59. The first-order valence-corrected chi connectivity index (χ1v) is 4.98. The second-order valence-electron chi connectivity index (χ2n) is 3.76. The molecule has 0 radical (unpaired) electrons. The van der Waals surface area contributed by atoms with Crippen molar-refractivity contribution in [3.05, 3.63) is 12.2 Å². The molecule has 7 nitrogen and oxygen atoms in total. The monoisotopic (exact) mass is 224 g/mol. The predicted molar refractivity (Wildman–Crippen MR) is 52.2 cm³/mol. The largest absolute Gasteiger partial charge is 0.481 e. The van der Waals surface area contributed by atoms with Crippen molar-refractivity contribution >= 4 is 11.9 Å². The quantitative estimate of drug-likeness (QED) is 0.674.